The molecule has 0 spiro atoms. The lowest BCUT2D eigenvalue weighted by atomic mass is 10.0. The molecule has 0 saturated heterocycles. The number of esters is 1. The van der Waals surface area contributed by atoms with Gasteiger partial charge in [0.15, 0.2) is 0 Å². The number of nitrogens with zero attached hydrogens (tertiary/aromatic N) is 5. The van der Waals surface area contributed by atoms with Gasteiger partial charge in [0, 0.05) is 36.9 Å². The molecule has 0 bridgehead atoms. The highest BCUT2D eigenvalue weighted by atomic mass is 32.2. The van der Waals surface area contributed by atoms with E-state index in [4.69, 9.17) is 4.74 Å². The van der Waals surface area contributed by atoms with E-state index >= 15 is 0 Å². The average Bonchev–Trinajstić information content (AvgIpc) is 3.34. The van der Waals surface area contributed by atoms with Crippen LogP contribution in [0.25, 0.3) is 16.6 Å². The summed E-state index contributed by atoms with van der Waals surface area (Å²) in [6.45, 7) is 0.433. The van der Waals surface area contributed by atoms with Gasteiger partial charge in [-0.3, -0.25) is 0 Å². The Hall–Kier alpha value is -3.50. The van der Waals surface area contributed by atoms with Crippen LogP contribution in [-0.2, 0) is 34.3 Å². The first-order valence-electron chi connectivity index (χ1n) is 10.5. The Morgan fingerprint density at radius 2 is 1.91 bits per heavy atom. The number of carbonyl (C=O) groups is 1. The molecule has 0 amide bonds. The fourth-order valence-corrected chi connectivity index (χ4v) is 4.52. The molecule has 0 fully saturated rings. The van der Waals surface area contributed by atoms with Crippen molar-refractivity contribution in [3.63, 3.8) is 0 Å². The van der Waals surface area contributed by atoms with E-state index < -0.39 is 16.1 Å². The largest absolute Gasteiger partial charge is 0.456 e. The summed E-state index contributed by atoms with van der Waals surface area (Å²) >= 11 is 0. The molecule has 170 valence electrons. The molecule has 3 heterocycles. The molecule has 1 unspecified atom stereocenters. The van der Waals surface area contributed by atoms with Gasteiger partial charge in [0.1, 0.15) is 6.10 Å². The van der Waals surface area contributed by atoms with Gasteiger partial charge in [-0.15, -0.1) is 5.10 Å². The Bertz CT molecular complexity index is 1440. The van der Waals surface area contributed by atoms with Crippen LogP contribution >= 0.6 is 0 Å². The van der Waals surface area contributed by atoms with Crippen molar-refractivity contribution in [2.75, 3.05) is 13.3 Å². The lowest BCUT2D eigenvalue weighted by Crippen LogP contribution is -2.25. The molecule has 0 saturated carbocycles. The highest BCUT2D eigenvalue weighted by Gasteiger charge is 2.28. The Balaban J connectivity index is 1.43. The molecule has 0 N–H and O–H groups in total. The number of hydrogen-bond donors (Lipinski definition) is 0. The Morgan fingerprint density at radius 3 is 2.67 bits per heavy atom. The summed E-state index contributed by atoms with van der Waals surface area (Å²) in [5, 5.41) is 9.07. The van der Waals surface area contributed by atoms with Crippen LogP contribution in [0.5, 0.6) is 0 Å². The highest BCUT2D eigenvalue weighted by Crippen LogP contribution is 2.32. The first-order valence-corrected chi connectivity index (χ1v) is 12.3. The van der Waals surface area contributed by atoms with E-state index in [1.54, 1.807) is 16.9 Å². The van der Waals surface area contributed by atoms with Crippen LogP contribution in [0, 0.1) is 0 Å². The van der Waals surface area contributed by atoms with E-state index in [9.17, 15) is 13.2 Å². The van der Waals surface area contributed by atoms with E-state index in [1.165, 1.54) is 11.4 Å². The molecule has 4 aromatic rings. The summed E-state index contributed by atoms with van der Waals surface area (Å²) in [4.78, 5) is 12.9. The van der Waals surface area contributed by atoms with Gasteiger partial charge in [0.25, 0.3) is 0 Å². The fourth-order valence-electron chi connectivity index (χ4n) is 4.15. The predicted octanol–water partition coefficient (Wildman–Crippen LogP) is 2.40. The van der Waals surface area contributed by atoms with Crippen molar-refractivity contribution in [3.05, 3.63) is 77.7 Å². The number of hydrogen-bond acceptors (Lipinski definition) is 6. The maximum Gasteiger partial charge on any atom is 0.339 e. The van der Waals surface area contributed by atoms with Gasteiger partial charge in [0.2, 0.25) is 10.0 Å². The van der Waals surface area contributed by atoms with Gasteiger partial charge in [-0.05, 0) is 29.8 Å². The van der Waals surface area contributed by atoms with E-state index in [1.807, 2.05) is 42.5 Å². The summed E-state index contributed by atoms with van der Waals surface area (Å²) in [6.07, 6.45) is 4.96. The molecule has 2 aromatic heterocycles. The van der Waals surface area contributed by atoms with Crippen molar-refractivity contribution >= 4 is 26.9 Å². The third-order valence-electron chi connectivity index (χ3n) is 5.81. The van der Waals surface area contributed by atoms with Crippen LogP contribution in [0.2, 0.25) is 0 Å². The molecule has 1 aliphatic rings. The molecule has 33 heavy (non-hydrogen) atoms. The number of sulfonamides is 1. The van der Waals surface area contributed by atoms with E-state index in [-0.39, 0.29) is 12.5 Å². The van der Waals surface area contributed by atoms with Crippen molar-refractivity contribution in [2.24, 2.45) is 0 Å². The monoisotopic (exact) mass is 465 g/mol. The number of aromatic nitrogens is 4. The Kier molecular flexibility index (Phi) is 5.26. The van der Waals surface area contributed by atoms with E-state index in [2.05, 4.69) is 21.1 Å². The minimum Gasteiger partial charge on any atom is -0.456 e. The van der Waals surface area contributed by atoms with Crippen molar-refractivity contribution < 1.29 is 17.9 Å². The summed E-state index contributed by atoms with van der Waals surface area (Å²) in [6, 6.07) is 15.7. The van der Waals surface area contributed by atoms with E-state index in [0.717, 1.165) is 28.4 Å². The Morgan fingerprint density at radius 1 is 1.12 bits per heavy atom. The molecular formula is C23H23N5O4S. The van der Waals surface area contributed by atoms with Gasteiger partial charge in [-0.1, -0.05) is 29.5 Å². The Labute approximate surface area is 191 Å². The fraction of sp³-hybridized carbons (Fsp3) is 0.261. The van der Waals surface area contributed by atoms with Gasteiger partial charge in [0.05, 0.1) is 36.1 Å². The number of ether oxygens (including phenoxy) is 1. The lowest BCUT2D eigenvalue weighted by molar-refractivity contribution is 0.0264. The van der Waals surface area contributed by atoms with Crippen molar-refractivity contribution in [1.82, 2.24) is 23.9 Å². The number of carbonyl (C=O) groups excluding carboxylic acids is 1. The maximum absolute atomic E-state index is 12.9. The summed E-state index contributed by atoms with van der Waals surface area (Å²) in [7, 11) is -1.83. The van der Waals surface area contributed by atoms with Crippen LogP contribution in [0.1, 0.15) is 21.6 Å². The molecule has 2 aromatic carbocycles. The molecule has 10 heteroatoms. The van der Waals surface area contributed by atoms with E-state index in [0.29, 0.717) is 24.2 Å². The number of rotatable bonds is 6. The minimum atomic E-state index is -3.32. The second kappa shape index (κ2) is 8.13. The van der Waals surface area contributed by atoms with Gasteiger partial charge in [-0.25, -0.2) is 17.9 Å². The zero-order chi connectivity index (χ0) is 23.2. The zero-order valence-electron chi connectivity index (χ0n) is 18.2. The average molecular weight is 466 g/mol. The molecular weight excluding hydrogens is 442 g/mol. The molecule has 1 atom stereocenters. The maximum atomic E-state index is 12.9. The smallest absolute Gasteiger partial charge is 0.339 e. The number of benzene rings is 2. The SMILES string of the molecule is CN(Cc1cn(CC2Cc3cn(-c4ccccc4)c4cccc(c34)C(=O)O2)nn1)S(C)(=O)=O. The van der Waals surface area contributed by atoms with Gasteiger partial charge < -0.3 is 9.30 Å². The first kappa shape index (κ1) is 21.4. The highest BCUT2D eigenvalue weighted by molar-refractivity contribution is 7.88. The van der Waals surface area contributed by atoms with Crippen LogP contribution in [0.3, 0.4) is 0 Å². The number of cyclic esters (lactones) is 1. The molecule has 0 radical (unpaired) electrons. The van der Waals surface area contributed by atoms with Crippen molar-refractivity contribution in [3.8, 4) is 5.69 Å². The van der Waals surface area contributed by atoms with Crippen LogP contribution in [0.4, 0.5) is 0 Å². The minimum absolute atomic E-state index is 0.120. The molecule has 0 aliphatic carbocycles. The molecule has 1 aliphatic heterocycles. The third-order valence-corrected chi connectivity index (χ3v) is 7.07. The predicted molar refractivity (Wildman–Crippen MR) is 123 cm³/mol. The molecule has 9 nitrogen and oxygen atoms in total. The van der Waals surface area contributed by atoms with Gasteiger partial charge >= 0.3 is 5.97 Å². The topological polar surface area (TPSA) is 99.3 Å². The quantitative estimate of drug-likeness (QED) is 0.406. The second-order valence-electron chi connectivity index (χ2n) is 8.24. The second-order valence-corrected chi connectivity index (χ2v) is 10.3. The standard InChI is InChI=1S/C23H23N5O4S/c1-26(33(2,30)31)13-17-14-27(25-24-17)15-19-11-16-12-28(18-7-4-3-5-8-18)21-10-6-9-20(22(16)21)23(29)32-19/h3-10,12,14,19H,11,13,15H2,1-2H3. The van der Waals surface area contributed by atoms with Crippen molar-refractivity contribution in [2.45, 2.75) is 25.6 Å². The summed E-state index contributed by atoms with van der Waals surface area (Å²) in [5.74, 6) is -0.368. The summed E-state index contributed by atoms with van der Waals surface area (Å²) in [5.41, 5.74) is 4.07. The molecule has 5 rings (SSSR count). The number of para-hydroxylation sites is 1. The van der Waals surface area contributed by atoms with Gasteiger partial charge in [-0.2, -0.15) is 4.31 Å². The normalized spacial score (nSPS) is 16.2. The zero-order valence-corrected chi connectivity index (χ0v) is 19.1. The first-order chi connectivity index (χ1) is 15.8. The van der Waals surface area contributed by atoms with Crippen LogP contribution in [-0.4, -0.2) is 57.7 Å². The van der Waals surface area contributed by atoms with Crippen LogP contribution < -0.4 is 0 Å². The lowest BCUT2D eigenvalue weighted by Gasteiger charge is -2.15. The van der Waals surface area contributed by atoms with Crippen LogP contribution in [0.15, 0.2) is 60.9 Å². The third kappa shape index (κ3) is 4.14. The summed E-state index contributed by atoms with van der Waals surface area (Å²) < 4.78 is 34.0. The van der Waals surface area contributed by atoms with Crippen molar-refractivity contribution in [1.29, 1.82) is 0 Å².